The van der Waals surface area contributed by atoms with E-state index in [1.807, 2.05) is 50.5 Å². The average Bonchev–Trinajstić information content (AvgIpc) is 3.27. The van der Waals surface area contributed by atoms with E-state index in [9.17, 15) is 4.79 Å². The van der Waals surface area contributed by atoms with Crippen molar-refractivity contribution in [3.05, 3.63) is 65.5 Å². The molecule has 0 fully saturated rings. The molecule has 7 nitrogen and oxygen atoms in total. The zero-order chi connectivity index (χ0) is 23.1. The highest BCUT2D eigenvalue weighted by molar-refractivity contribution is 5.76. The summed E-state index contributed by atoms with van der Waals surface area (Å²) >= 11 is 0. The summed E-state index contributed by atoms with van der Waals surface area (Å²) in [5.74, 6) is 2.21. The maximum absolute atomic E-state index is 12.5. The van der Waals surface area contributed by atoms with Crippen molar-refractivity contribution in [1.82, 2.24) is 20.4 Å². The first-order valence-electron chi connectivity index (χ1n) is 10.9. The molecule has 0 radical (unpaired) electrons. The minimum absolute atomic E-state index is 0.00100. The Labute approximate surface area is 189 Å². The summed E-state index contributed by atoms with van der Waals surface area (Å²) in [5, 5.41) is 7.07. The van der Waals surface area contributed by atoms with Gasteiger partial charge in [-0.05, 0) is 31.6 Å². The Morgan fingerprint density at radius 2 is 1.84 bits per heavy atom. The number of rotatable bonds is 10. The fourth-order valence-electron chi connectivity index (χ4n) is 3.52. The van der Waals surface area contributed by atoms with Crippen LogP contribution in [0.5, 0.6) is 5.75 Å². The van der Waals surface area contributed by atoms with Gasteiger partial charge in [-0.15, -0.1) is 0 Å². The second kappa shape index (κ2) is 10.9. The minimum Gasteiger partial charge on any atom is -0.496 e. The van der Waals surface area contributed by atoms with E-state index in [0.717, 1.165) is 16.9 Å². The first-order valence-corrected chi connectivity index (χ1v) is 10.9. The van der Waals surface area contributed by atoms with Gasteiger partial charge in [0.1, 0.15) is 5.75 Å². The van der Waals surface area contributed by atoms with Crippen LogP contribution in [0.25, 0.3) is 11.4 Å². The van der Waals surface area contributed by atoms with Crippen LogP contribution >= 0.6 is 0 Å². The summed E-state index contributed by atoms with van der Waals surface area (Å²) in [6.07, 6.45) is 0.671. The highest BCUT2D eigenvalue weighted by Gasteiger charge is 2.19. The zero-order valence-electron chi connectivity index (χ0n) is 19.5. The van der Waals surface area contributed by atoms with Crippen LogP contribution in [0.3, 0.4) is 0 Å². The number of carbonyl (C=O) groups excluding carboxylic acids is 1. The van der Waals surface area contributed by atoms with Gasteiger partial charge in [-0.1, -0.05) is 61.5 Å². The van der Waals surface area contributed by atoms with Crippen molar-refractivity contribution in [3.8, 4) is 17.1 Å². The molecular weight excluding hydrogens is 404 g/mol. The quantitative estimate of drug-likeness (QED) is 0.513. The lowest BCUT2D eigenvalue weighted by molar-refractivity contribution is -0.121. The molecule has 0 aliphatic rings. The number of nitrogens with zero attached hydrogens (tertiary/aromatic N) is 3. The average molecular weight is 437 g/mol. The number of likely N-dealkylation sites (N-methyl/N-ethyl adjacent to an activating group) is 1. The summed E-state index contributed by atoms with van der Waals surface area (Å²) in [4.78, 5) is 19.0. The Kier molecular flexibility index (Phi) is 8.00. The molecule has 1 N–H and O–H groups in total. The van der Waals surface area contributed by atoms with Crippen LogP contribution < -0.4 is 10.1 Å². The summed E-state index contributed by atoms with van der Waals surface area (Å²) in [7, 11) is 5.62. The number of hydrogen-bond acceptors (Lipinski definition) is 6. The van der Waals surface area contributed by atoms with E-state index in [1.165, 1.54) is 5.56 Å². The standard InChI is InChI=1S/C25H32N4O3/c1-17(2)18-10-12-19(13-11-18)25-27-24(32-28-25)15-14-23(30)26-16-21(29(3)4)20-8-6-7-9-22(20)31-5/h6-13,17,21H,14-16H2,1-5H3,(H,26,30). The van der Waals surface area contributed by atoms with E-state index < -0.39 is 0 Å². The van der Waals surface area contributed by atoms with E-state index >= 15 is 0 Å². The molecule has 32 heavy (non-hydrogen) atoms. The van der Waals surface area contributed by atoms with Crippen molar-refractivity contribution < 1.29 is 14.1 Å². The predicted molar refractivity (Wildman–Crippen MR) is 125 cm³/mol. The van der Waals surface area contributed by atoms with Crippen molar-refractivity contribution in [2.24, 2.45) is 0 Å². The van der Waals surface area contributed by atoms with Gasteiger partial charge < -0.3 is 19.5 Å². The highest BCUT2D eigenvalue weighted by Crippen LogP contribution is 2.27. The van der Waals surface area contributed by atoms with Crippen LogP contribution in [0.2, 0.25) is 0 Å². The van der Waals surface area contributed by atoms with Crippen LogP contribution in [-0.2, 0) is 11.2 Å². The number of methoxy groups -OCH3 is 1. The number of aryl methyl sites for hydroxylation is 1. The molecule has 1 aromatic heterocycles. The van der Waals surface area contributed by atoms with Gasteiger partial charge in [0.05, 0.1) is 13.2 Å². The molecule has 3 aromatic rings. The Balaban J connectivity index is 1.54. The first kappa shape index (κ1) is 23.5. The topological polar surface area (TPSA) is 80.5 Å². The lowest BCUT2D eigenvalue weighted by Crippen LogP contribution is -2.34. The fraction of sp³-hybridized carbons (Fsp3) is 0.400. The number of benzene rings is 2. The maximum atomic E-state index is 12.5. The predicted octanol–water partition coefficient (Wildman–Crippen LogP) is 4.22. The molecule has 1 unspecified atom stereocenters. The molecule has 0 aliphatic carbocycles. The molecule has 7 heteroatoms. The molecule has 1 amide bonds. The van der Waals surface area contributed by atoms with Gasteiger partial charge in [-0.2, -0.15) is 4.98 Å². The van der Waals surface area contributed by atoms with Crippen LogP contribution in [0.15, 0.2) is 53.1 Å². The number of aromatic nitrogens is 2. The molecule has 0 aliphatic heterocycles. The van der Waals surface area contributed by atoms with E-state index in [0.29, 0.717) is 30.6 Å². The summed E-state index contributed by atoms with van der Waals surface area (Å²) in [5.41, 5.74) is 3.20. The van der Waals surface area contributed by atoms with Crippen molar-refractivity contribution in [2.75, 3.05) is 27.7 Å². The van der Waals surface area contributed by atoms with E-state index in [-0.39, 0.29) is 18.4 Å². The zero-order valence-corrected chi connectivity index (χ0v) is 19.5. The molecule has 0 saturated carbocycles. The smallest absolute Gasteiger partial charge is 0.227 e. The number of hydrogen-bond donors (Lipinski definition) is 1. The van der Waals surface area contributed by atoms with Crippen LogP contribution in [0, 0.1) is 0 Å². The molecule has 170 valence electrons. The maximum Gasteiger partial charge on any atom is 0.227 e. The van der Waals surface area contributed by atoms with Gasteiger partial charge in [0.15, 0.2) is 0 Å². The third-order valence-corrected chi connectivity index (χ3v) is 5.48. The van der Waals surface area contributed by atoms with Crippen LogP contribution in [0.4, 0.5) is 0 Å². The van der Waals surface area contributed by atoms with Crippen molar-refractivity contribution in [3.63, 3.8) is 0 Å². The van der Waals surface area contributed by atoms with Gasteiger partial charge in [-0.25, -0.2) is 0 Å². The Morgan fingerprint density at radius 1 is 1.12 bits per heavy atom. The van der Waals surface area contributed by atoms with Crippen molar-refractivity contribution in [2.45, 2.75) is 38.6 Å². The summed E-state index contributed by atoms with van der Waals surface area (Å²) < 4.78 is 10.8. The second-order valence-electron chi connectivity index (χ2n) is 8.31. The first-order chi connectivity index (χ1) is 15.4. The van der Waals surface area contributed by atoms with Crippen LogP contribution in [-0.4, -0.2) is 48.7 Å². The van der Waals surface area contributed by atoms with Gasteiger partial charge in [0, 0.05) is 30.5 Å². The normalized spacial score (nSPS) is 12.2. The number of amides is 1. The second-order valence-corrected chi connectivity index (χ2v) is 8.31. The minimum atomic E-state index is -0.0622. The van der Waals surface area contributed by atoms with Crippen LogP contribution in [0.1, 0.15) is 49.2 Å². The third-order valence-electron chi connectivity index (χ3n) is 5.48. The van der Waals surface area contributed by atoms with Gasteiger partial charge in [0.25, 0.3) is 0 Å². The number of para-hydroxylation sites is 1. The molecule has 0 spiro atoms. The monoisotopic (exact) mass is 436 g/mol. The van der Waals surface area contributed by atoms with Gasteiger partial charge >= 0.3 is 0 Å². The molecule has 1 atom stereocenters. The van der Waals surface area contributed by atoms with Gasteiger partial charge in [0.2, 0.25) is 17.6 Å². The summed E-state index contributed by atoms with van der Waals surface area (Å²) in [6.45, 7) is 4.79. The highest BCUT2D eigenvalue weighted by atomic mass is 16.5. The van der Waals surface area contributed by atoms with E-state index in [2.05, 4.69) is 46.3 Å². The van der Waals surface area contributed by atoms with E-state index in [1.54, 1.807) is 7.11 Å². The number of ether oxygens (including phenoxy) is 1. The summed E-state index contributed by atoms with van der Waals surface area (Å²) in [6, 6.07) is 16.0. The third kappa shape index (κ3) is 5.95. The Morgan fingerprint density at radius 3 is 2.50 bits per heavy atom. The van der Waals surface area contributed by atoms with Crippen molar-refractivity contribution in [1.29, 1.82) is 0 Å². The molecule has 3 rings (SSSR count). The molecular formula is C25H32N4O3. The Bertz CT molecular complexity index is 1010. The largest absolute Gasteiger partial charge is 0.496 e. The number of nitrogens with one attached hydrogen (secondary N) is 1. The lowest BCUT2D eigenvalue weighted by atomic mass is 10.0. The van der Waals surface area contributed by atoms with Crippen molar-refractivity contribution >= 4 is 5.91 Å². The molecule has 1 heterocycles. The van der Waals surface area contributed by atoms with Gasteiger partial charge in [-0.3, -0.25) is 4.79 Å². The lowest BCUT2D eigenvalue weighted by Gasteiger charge is -2.26. The molecule has 2 aromatic carbocycles. The molecule has 0 saturated heterocycles. The Hall–Kier alpha value is -3.19. The fourth-order valence-corrected chi connectivity index (χ4v) is 3.52. The molecule has 0 bridgehead atoms. The number of carbonyl (C=O) groups is 1. The van der Waals surface area contributed by atoms with E-state index in [4.69, 9.17) is 9.26 Å². The SMILES string of the molecule is COc1ccccc1C(CNC(=O)CCc1nc(-c2ccc(C(C)C)cc2)no1)N(C)C.